The minimum atomic E-state index is -1.10. The molecular formula is C11H13ClN2O3S. The summed E-state index contributed by atoms with van der Waals surface area (Å²) in [6, 6.07) is -0.453. The molecule has 0 radical (unpaired) electrons. The molecule has 2 atom stereocenters. The minimum Gasteiger partial charge on any atom is -0.477 e. The Morgan fingerprint density at radius 1 is 1.61 bits per heavy atom. The van der Waals surface area contributed by atoms with Gasteiger partial charge in [-0.25, -0.2) is 4.79 Å². The van der Waals surface area contributed by atoms with Gasteiger partial charge in [-0.2, -0.15) is 0 Å². The molecule has 2 aliphatic heterocycles. The average Bonchev–Trinajstić information content (AvgIpc) is 2.33. The van der Waals surface area contributed by atoms with Gasteiger partial charge < -0.3 is 5.11 Å². The first kappa shape index (κ1) is 13.4. The van der Waals surface area contributed by atoms with E-state index in [1.54, 1.807) is 0 Å². The van der Waals surface area contributed by atoms with Crippen LogP contribution in [0.5, 0.6) is 0 Å². The van der Waals surface area contributed by atoms with Crippen molar-refractivity contribution in [2.75, 3.05) is 11.6 Å². The summed E-state index contributed by atoms with van der Waals surface area (Å²) in [5, 5.41) is 8.99. The summed E-state index contributed by atoms with van der Waals surface area (Å²) in [7, 11) is 0. The van der Waals surface area contributed by atoms with Crippen LogP contribution in [0.4, 0.5) is 0 Å². The molecule has 0 bridgehead atoms. The van der Waals surface area contributed by atoms with Crippen molar-refractivity contribution in [1.29, 1.82) is 0 Å². The highest BCUT2D eigenvalue weighted by molar-refractivity contribution is 8.00. The Labute approximate surface area is 114 Å². The Morgan fingerprint density at radius 3 is 2.78 bits per heavy atom. The zero-order chi connectivity index (χ0) is 13.4. The number of halogens is 1. The van der Waals surface area contributed by atoms with Crippen LogP contribution in [-0.4, -0.2) is 50.6 Å². The van der Waals surface area contributed by atoms with Gasteiger partial charge in [-0.05, 0) is 19.4 Å². The third kappa shape index (κ3) is 2.03. The number of rotatable bonds is 3. The number of β-lactam (4-membered cyclic amide) rings is 1. The van der Waals surface area contributed by atoms with Crippen LogP contribution in [-0.2, 0) is 9.59 Å². The van der Waals surface area contributed by atoms with E-state index in [2.05, 4.69) is 4.99 Å². The molecule has 98 valence electrons. The average molecular weight is 289 g/mol. The largest absolute Gasteiger partial charge is 0.477 e. The standard InChI is InChI=1S/C11H13ClN2O3S/c1-5(2)13-7-9(15)14-8(11(16)17)6(3-12)4-18-10(7)14/h7,10H,3-4H2,1-2H3,(H,16,17)/t7-,10+/m1/s1. The van der Waals surface area contributed by atoms with Crippen molar-refractivity contribution in [1.82, 2.24) is 4.90 Å². The molecule has 0 unspecified atom stereocenters. The number of alkyl halides is 1. The summed E-state index contributed by atoms with van der Waals surface area (Å²) in [5.41, 5.74) is 1.45. The zero-order valence-electron chi connectivity index (χ0n) is 10.0. The molecule has 0 aromatic carbocycles. The fourth-order valence-corrected chi connectivity index (χ4v) is 3.69. The summed E-state index contributed by atoms with van der Waals surface area (Å²) in [4.78, 5) is 28.8. The van der Waals surface area contributed by atoms with Crippen LogP contribution in [0.25, 0.3) is 0 Å². The lowest BCUT2D eigenvalue weighted by molar-refractivity contribution is -0.147. The number of aliphatic carboxylic acids is 1. The van der Waals surface area contributed by atoms with E-state index in [9.17, 15) is 14.7 Å². The monoisotopic (exact) mass is 288 g/mol. The maximum absolute atomic E-state index is 12.0. The zero-order valence-corrected chi connectivity index (χ0v) is 11.6. The van der Waals surface area contributed by atoms with Crippen molar-refractivity contribution in [3.63, 3.8) is 0 Å². The number of amides is 1. The Hall–Kier alpha value is -1.01. The lowest BCUT2D eigenvalue weighted by Crippen LogP contribution is -2.64. The van der Waals surface area contributed by atoms with Crippen LogP contribution >= 0.6 is 23.4 Å². The molecule has 2 rings (SSSR count). The SMILES string of the molecule is CC(C)=N[C@@H]1C(=O)N2C(C(=O)O)=C(CCl)CS[C@@H]12. The Morgan fingerprint density at radius 2 is 2.28 bits per heavy atom. The van der Waals surface area contributed by atoms with Crippen LogP contribution in [0.3, 0.4) is 0 Å². The first-order valence-corrected chi connectivity index (χ1v) is 7.02. The van der Waals surface area contributed by atoms with Gasteiger partial charge in [-0.3, -0.25) is 14.7 Å². The molecule has 0 aromatic heterocycles. The molecule has 2 aliphatic rings. The number of carboxylic acid groups (broad SMARTS) is 1. The quantitative estimate of drug-likeness (QED) is 0.483. The van der Waals surface area contributed by atoms with E-state index < -0.39 is 12.0 Å². The van der Waals surface area contributed by atoms with Gasteiger partial charge in [0.05, 0.1) is 0 Å². The highest BCUT2D eigenvalue weighted by Crippen LogP contribution is 2.41. The van der Waals surface area contributed by atoms with Crippen LogP contribution in [0, 0.1) is 0 Å². The molecule has 1 amide bonds. The second kappa shape index (κ2) is 4.93. The van der Waals surface area contributed by atoms with Crippen molar-refractivity contribution in [2.45, 2.75) is 25.3 Å². The Kier molecular flexibility index (Phi) is 3.68. The number of thioether (sulfide) groups is 1. The van der Waals surface area contributed by atoms with Crippen LogP contribution < -0.4 is 0 Å². The smallest absolute Gasteiger partial charge is 0.352 e. The van der Waals surface area contributed by atoms with Crippen molar-refractivity contribution in [2.24, 2.45) is 4.99 Å². The molecule has 5 nitrogen and oxygen atoms in total. The molecule has 2 heterocycles. The van der Waals surface area contributed by atoms with Crippen molar-refractivity contribution < 1.29 is 14.7 Å². The normalized spacial score (nSPS) is 26.6. The van der Waals surface area contributed by atoms with E-state index in [0.717, 1.165) is 5.71 Å². The highest BCUT2D eigenvalue weighted by Gasteiger charge is 2.53. The van der Waals surface area contributed by atoms with Crippen molar-refractivity contribution >= 4 is 41.0 Å². The predicted octanol–water partition coefficient (Wildman–Crippen LogP) is 1.33. The fourth-order valence-electron chi connectivity index (χ4n) is 2.03. The molecule has 0 spiro atoms. The molecule has 18 heavy (non-hydrogen) atoms. The molecule has 0 saturated carbocycles. The van der Waals surface area contributed by atoms with E-state index in [0.29, 0.717) is 11.3 Å². The number of fused-ring (bicyclic) bond motifs is 1. The van der Waals surface area contributed by atoms with Gasteiger partial charge in [0.25, 0.3) is 5.91 Å². The Balaban J connectivity index is 2.32. The van der Waals surface area contributed by atoms with Gasteiger partial charge in [0.15, 0.2) is 6.04 Å². The van der Waals surface area contributed by atoms with Gasteiger partial charge in [0.2, 0.25) is 0 Å². The van der Waals surface area contributed by atoms with Crippen molar-refractivity contribution in [3.05, 3.63) is 11.3 Å². The van der Waals surface area contributed by atoms with E-state index >= 15 is 0 Å². The summed E-state index contributed by atoms with van der Waals surface area (Å²) in [6.07, 6.45) is 0. The van der Waals surface area contributed by atoms with E-state index in [-0.39, 0.29) is 22.9 Å². The highest BCUT2D eigenvalue weighted by atomic mass is 35.5. The third-order valence-corrected chi connectivity index (χ3v) is 4.43. The number of carbonyl (C=O) groups is 2. The maximum Gasteiger partial charge on any atom is 0.352 e. The van der Waals surface area contributed by atoms with Gasteiger partial charge in [-0.15, -0.1) is 23.4 Å². The molecule has 7 heteroatoms. The van der Waals surface area contributed by atoms with Crippen LogP contribution in [0.2, 0.25) is 0 Å². The van der Waals surface area contributed by atoms with Crippen LogP contribution in [0.1, 0.15) is 13.8 Å². The maximum atomic E-state index is 12.0. The molecular weight excluding hydrogens is 276 g/mol. The summed E-state index contributed by atoms with van der Waals surface area (Å²) < 4.78 is 0. The number of hydrogen-bond donors (Lipinski definition) is 1. The minimum absolute atomic E-state index is 0.0407. The molecule has 1 N–H and O–H groups in total. The van der Waals surface area contributed by atoms with E-state index in [1.165, 1.54) is 16.7 Å². The number of nitrogens with zero attached hydrogens (tertiary/aromatic N) is 2. The first-order valence-electron chi connectivity index (χ1n) is 5.44. The molecule has 0 aromatic rings. The molecule has 1 fully saturated rings. The lowest BCUT2D eigenvalue weighted by atomic mass is 10.0. The summed E-state index contributed by atoms with van der Waals surface area (Å²) in [6.45, 7) is 3.64. The summed E-state index contributed by atoms with van der Waals surface area (Å²) in [5.74, 6) is -0.686. The number of hydrogen-bond acceptors (Lipinski definition) is 4. The Bertz CT molecular complexity index is 471. The number of carbonyl (C=O) groups excluding carboxylic acids is 1. The van der Waals surface area contributed by atoms with E-state index in [4.69, 9.17) is 11.6 Å². The summed E-state index contributed by atoms with van der Waals surface area (Å²) >= 11 is 7.24. The topological polar surface area (TPSA) is 70.0 Å². The number of aliphatic imine (C=N–C) groups is 1. The second-order valence-electron chi connectivity index (χ2n) is 4.32. The third-order valence-electron chi connectivity index (χ3n) is 2.78. The van der Waals surface area contributed by atoms with E-state index in [1.807, 2.05) is 13.8 Å². The molecule has 1 saturated heterocycles. The molecule has 0 aliphatic carbocycles. The first-order chi connectivity index (χ1) is 8.47. The van der Waals surface area contributed by atoms with Gasteiger partial charge in [-0.1, -0.05) is 0 Å². The van der Waals surface area contributed by atoms with Gasteiger partial charge in [0, 0.05) is 17.3 Å². The van der Waals surface area contributed by atoms with Crippen molar-refractivity contribution in [3.8, 4) is 0 Å². The number of carboxylic acids is 1. The predicted molar refractivity (Wildman–Crippen MR) is 71.0 cm³/mol. The lowest BCUT2D eigenvalue weighted by Gasteiger charge is -2.47. The van der Waals surface area contributed by atoms with Gasteiger partial charge >= 0.3 is 5.97 Å². The second-order valence-corrected chi connectivity index (χ2v) is 5.69. The van der Waals surface area contributed by atoms with Gasteiger partial charge in [0.1, 0.15) is 11.1 Å². The van der Waals surface area contributed by atoms with Crippen LogP contribution in [0.15, 0.2) is 16.3 Å². The fraction of sp³-hybridized carbons (Fsp3) is 0.545.